The fraction of sp³-hybridized carbons (Fsp3) is 0.961. The number of aliphatic hydroxyl groups is 14. The van der Waals surface area contributed by atoms with Crippen molar-refractivity contribution in [2.45, 2.75) is 233 Å². The minimum absolute atomic E-state index is 0.0705. The lowest BCUT2D eigenvalue weighted by Crippen LogP contribution is -2.67. The maximum atomic E-state index is 12.1. The molecule has 0 spiro atoms. The van der Waals surface area contributed by atoms with Crippen LogP contribution in [0, 0.1) is 46.3 Å². The van der Waals surface area contributed by atoms with Crippen LogP contribution in [0.3, 0.4) is 0 Å². The van der Waals surface area contributed by atoms with Crippen molar-refractivity contribution < 1.29 is 114 Å². The first-order chi connectivity index (χ1) is 35.0. The van der Waals surface area contributed by atoms with E-state index in [2.05, 4.69) is 26.8 Å². The monoisotopic (exact) mass is 1060 g/mol. The number of ether oxygens (including phenoxy) is 9. The van der Waals surface area contributed by atoms with Crippen molar-refractivity contribution in [2.24, 2.45) is 46.3 Å². The Morgan fingerprint density at radius 2 is 1.22 bits per heavy atom. The van der Waals surface area contributed by atoms with Crippen LogP contribution < -0.4 is 0 Å². The van der Waals surface area contributed by atoms with Crippen LogP contribution in [0.2, 0.25) is 0 Å². The van der Waals surface area contributed by atoms with Gasteiger partial charge in [0, 0.05) is 12.3 Å². The van der Waals surface area contributed by atoms with Gasteiger partial charge < -0.3 is 114 Å². The molecule has 0 amide bonds. The lowest BCUT2D eigenvalue weighted by Gasteiger charge is -2.58. The molecule has 9 rings (SSSR count). The van der Waals surface area contributed by atoms with Crippen molar-refractivity contribution in [3.05, 3.63) is 11.6 Å². The lowest BCUT2D eigenvalue weighted by atomic mass is 9.47. The Bertz CT molecular complexity index is 1920. The highest BCUT2D eigenvalue weighted by Gasteiger charge is 2.68. The Labute approximate surface area is 430 Å². The second kappa shape index (κ2) is 22.4. The maximum Gasteiger partial charge on any atom is 0.187 e. The van der Waals surface area contributed by atoms with Gasteiger partial charge in [-0.2, -0.15) is 0 Å². The van der Waals surface area contributed by atoms with Gasteiger partial charge in [-0.1, -0.05) is 39.3 Å². The van der Waals surface area contributed by atoms with E-state index in [1.807, 2.05) is 6.92 Å². The summed E-state index contributed by atoms with van der Waals surface area (Å²) in [5, 5.41) is 148. The molecule has 426 valence electrons. The largest absolute Gasteiger partial charge is 0.394 e. The van der Waals surface area contributed by atoms with Gasteiger partial charge in [0.2, 0.25) is 0 Å². The summed E-state index contributed by atoms with van der Waals surface area (Å²) < 4.78 is 54.4. The van der Waals surface area contributed by atoms with Gasteiger partial charge in [-0.3, -0.25) is 0 Å². The fourth-order valence-electron chi connectivity index (χ4n) is 15.0. The van der Waals surface area contributed by atoms with Gasteiger partial charge in [-0.15, -0.1) is 0 Å². The van der Waals surface area contributed by atoms with E-state index in [0.717, 1.165) is 32.1 Å². The van der Waals surface area contributed by atoms with Crippen LogP contribution in [0.4, 0.5) is 0 Å². The molecule has 0 bridgehead atoms. The minimum atomic E-state index is -1.85. The second-order valence-corrected chi connectivity index (χ2v) is 23.8. The summed E-state index contributed by atoms with van der Waals surface area (Å²) in [6.07, 6.45) is -22.1. The van der Waals surface area contributed by atoms with Crippen LogP contribution in [-0.2, 0) is 42.6 Å². The first-order valence-electron chi connectivity index (χ1n) is 26.9. The summed E-state index contributed by atoms with van der Waals surface area (Å²) in [5.74, 6) is -0.310. The Morgan fingerprint density at radius 3 is 1.86 bits per heavy atom. The summed E-state index contributed by atoms with van der Waals surface area (Å²) in [4.78, 5) is 0. The predicted octanol–water partition coefficient (Wildman–Crippen LogP) is -3.01. The molecule has 9 aliphatic rings. The summed E-state index contributed by atoms with van der Waals surface area (Å²) in [5.41, 5.74) is 1.02. The minimum Gasteiger partial charge on any atom is -0.394 e. The van der Waals surface area contributed by atoms with E-state index in [0.29, 0.717) is 43.4 Å². The molecule has 5 heterocycles. The molecule has 5 aliphatic heterocycles. The molecule has 31 atom stereocenters. The Hall–Kier alpha value is -1.18. The van der Waals surface area contributed by atoms with Gasteiger partial charge in [0.05, 0.1) is 44.7 Å². The number of hydrogen-bond acceptors (Lipinski definition) is 23. The SMILES string of the molecule is C[C@H](CCC1(O)O[C@H]2C[C@H]3[C@@H]4CC=C5C[C@@H](OC6O[C@H](CO)[C@@H](O[C@@H]7O[C@H](CO)[C@@H](O)[C@H](O)[C@H]7O)[C@H](O)[C@H]6O[C@@H]6O[C@@H](C)[C@H](O)[C@@H](O)[C@H]6O)CC[C@]5(C)[C@H]4CC[C@]3(C)[C@H]2[C@@H]1C)CO[C@@H]1O[C@H](CO)[C@@H](O)[C@H](O)[C@H]1O. The summed E-state index contributed by atoms with van der Waals surface area (Å²) >= 11 is 0. The highest BCUT2D eigenvalue weighted by Crippen LogP contribution is 2.70. The smallest absolute Gasteiger partial charge is 0.187 e. The zero-order valence-corrected chi connectivity index (χ0v) is 42.9. The van der Waals surface area contributed by atoms with Crippen LogP contribution in [0.25, 0.3) is 0 Å². The van der Waals surface area contributed by atoms with Crippen LogP contribution in [0.5, 0.6) is 0 Å². The average Bonchev–Trinajstić information content (AvgIpc) is 3.82. The third-order valence-corrected chi connectivity index (χ3v) is 19.5. The summed E-state index contributed by atoms with van der Waals surface area (Å²) in [6, 6.07) is 0. The molecule has 74 heavy (non-hydrogen) atoms. The molecule has 0 aromatic rings. The first-order valence-corrected chi connectivity index (χ1v) is 26.9. The van der Waals surface area contributed by atoms with Crippen molar-refractivity contribution in [1.29, 1.82) is 0 Å². The zero-order chi connectivity index (χ0) is 53.5. The molecule has 5 saturated heterocycles. The topological polar surface area (TPSA) is 366 Å². The molecule has 14 N–H and O–H groups in total. The zero-order valence-electron chi connectivity index (χ0n) is 42.9. The molecule has 2 unspecified atom stereocenters. The van der Waals surface area contributed by atoms with E-state index in [4.69, 9.17) is 42.6 Å². The highest BCUT2D eigenvalue weighted by molar-refractivity contribution is 5.26. The number of rotatable bonds is 15. The number of allylic oxidation sites excluding steroid dienone is 1. The van der Waals surface area contributed by atoms with Crippen molar-refractivity contribution in [3.8, 4) is 0 Å². The molecule has 4 aliphatic carbocycles. The van der Waals surface area contributed by atoms with Crippen molar-refractivity contribution >= 4 is 0 Å². The summed E-state index contributed by atoms with van der Waals surface area (Å²) in [6.45, 7) is 8.35. The van der Waals surface area contributed by atoms with Gasteiger partial charge >= 0.3 is 0 Å². The first kappa shape index (κ1) is 57.5. The molecule has 23 nitrogen and oxygen atoms in total. The van der Waals surface area contributed by atoms with Crippen LogP contribution in [0.15, 0.2) is 11.6 Å². The molecule has 23 heteroatoms. The molecule has 0 aromatic heterocycles. The number of hydrogen-bond donors (Lipinski definition) is 14. The van der Waals surface area contributed by atoms with Gasteiger partial charge in [0.1, 0.15) is 91.6 Å². The average molecular weight is 1070 g/mol. The van der Waals surface area contributed by atoms with Crippen molar-refractivity contribution in [2.75, 3.05) is 26.4 Å². The molecular weight excluding hydrogens is 981 g/mol. The van der Waals surface area contributed by atoms with Gasteiger partial charge in [0.15, 0.2) is 30.9 Å². The highest BCUT2D eigenvalue weighted by atomic mass is 16.8. The third kappa shape index (κ3) is 10.2. The maximum absolute atomic E-state index is 12.1. The van der Waals surface area contributed by atoms with Crippen molar-refractivity contribution in [1.82, 2.24) is 0 Å². The lowest BCUT2D eigenvalue weighted by molar-refractivity contribution is -0.389. The molecule has 0 aromatic carbocycles. The van der Waals surface area contributed by atoms with Gasteiger partial charge in [-0.05, 0) is 98.7 Å². The van der Waals surface area contributed by atoms with Crippen LogP contribution in [0.1, 0.15) is 92.4 Å². The van der Waals surface area contributed by atoms with Crippen LogP contribution in [-0.4, -0.2) is 239 Å². The molecule has 3 saturated carbocycles. The van der Waals surface area contributed by atoms with Crippen LogP contribution >= 0.6 is 0 Å². The Morgan fingerprint density at radius 1 is 0.635 bits per heavy atom. The Balaban J connectivity index is 0.849. The van der Waals surface area contributed by atoms with Crippen molar-refractivity contribution in [3.63, 3.8) is 0 Å². The Kier molecular flexibility index (Phi) is 17.4. The van der Waals surface area contributed by atoms with E-state index < -0.39 is 155 Å². The van der Waals surface area contributed by atoms with E-state index in [9.17, 15) is 71.5 Å². The third-order valence-electron chi connectivity index (χ3n) is 19.5. The van der Waals surface area contributed by atoms with Gasteiger partial charge in [0.25, 0.3) is 0 Å². The molecular formula is C51H84O23. The quantitative estimate of drug-likeness (QED) is 0.0727. The number of aliphatic hydroxyl groups excluding tert-OH is 13. The second-order valence-electron chi connectivity index (χ2n) is 23.8. The van der Waals surface area contributed by atoms with E-state index in [1.54, 1.807) is 0 Å². The van der Waals surface area contributed by atoms with E-state index in [1.165, 1.54) is 12.5 Å². The molecule has 8 fully saturated rings. The summed E-state index contributed by atoms with van der Waals surface area (Å²) in [7, 11) is 0. The van der Waals surface area contributed by atoms with Gasteiger partial charge in [-0.25, -0.2) is 0 Å². The predicted molar refractivity (Wildman–Crippen MR) is 250 cm³/mol. The normalized spacial score (nSPS) is 54.9. The van der Waals surface area contributed by atoms with E-state index >= 15 is 0 Å². The fourth-order valence-corrected chi connectivity index (χ4v) is 15.0. The molecule has 0 radical (unpaired) electrons. The number of fused-ring (bicyclic) bond motifs is 7. The van der Waals surface area contributed by atoms with E-state index in [-0.39, 0.29) is 41.3 Å². The standard InChI is InChI=1S/C51H84O23/c1-20(19-66-45-39(61)37(59)34(56)29(16-52)69-45)8-13-51(65)21(2)32-28(74-51)15-27-25-7-6-23-14-24(9-11-49(23,4)26(25)10-12-50(27,32)5)68-48-44(73-46-40(62)36(58)33(55)22(3)67-46)42(64)43(31(18-54)71-48)72-47-41(63)38(60)35(57)30(17-53)70-47/h6,20-22,24-48,52-65H,7-19H2,1-5H3/t20-,21+,22+,24+,25-,26+,27+,28+,29-,30-,31-,32+,33+,34-,35-,36-,37+,38+,39-,40-,41-,42+,43-,44-,45-,46+,47+,48?,49+,50+,51?/m1/s1.